The average molecular weight is 472 g/mol. The first-order chi connectivity index (χ1) is 16.9. The van der Waals surface area contributed by atoms with E-state index < -0.39 is 0 Å². The maximum absolute atomic E-state index is 11.5. The number of benzene rings is 2. The van der Waals surface area contributed by atoms with E-state index in [1.807, 2.05) is 61.6 Å². The van der Waals surface area contributed by atoms with Crippen LogP contribution in [-0.2, 0) is 4.79 Å². The minimum Gasteiger partial charge on any atom is -0.457 e. The van der Waals surface area contributed by atoms with Gasteiger partial charge >= 0.3 is 0 Å². The summed E-state index contributed by atoms with van der Waals surface area (Å²) < 4.78 is 5.86. The molecule has 0 amide bonds. The van der Waals surface area contributed by atoms with Crippen molar-refractivity contribution in [2.24, 2.45) is 0 Å². The molecule has 0 saturated heterocycles. The Bertz CT molecular complexity index is 1150. The number of anilines is 2. The maximum Gasteiger partial charge on any atom is 0.155 e. The van der Waals surface area contributed by atoms with Gasteiger partial charge in [-0.05, 0) is 61.7 Å². The molecule has 35 heavy (non-hydrogen) atoms. The molecule has 3 aromatic rings. The third-order valence-electron chi connectivity index (χ3n) is 6.02. The number of rotatable bonds is 13. The van der Waals surface area contributed by atoms with Crippen LogP contribution in [0.25, 0.3) is 0 Å². The molecule has 0 aliphatic heterocycles. The molecule has 3 rings (SSSR count). The smallest absolute Gasteiger partial charge is 0.155 e. The van der Waals surface area contributed by atoms with Crippen molar-refractivity contribution < 1.29 is 9.53 Å². The van der Waals surface area contributed by atoms with Gasteiger partial charge in [0.1, 0.15) is 29.5 Å². The maximum atomic E-state index is 11.5. The number of ketones is 1. The minimum atomic E-state index is 0.0749. The molecule has 0 aliphatic rings. The van der Waals surface area contributed by atoms with Gasteiger partial charge in [-0.1, -0.05) is 38.1 Å². The van der Waals surface area contributed by atoms with Gasteiger partial charge < -0.3 is 15.4 Å². The lowest BCUT2D eigenvalue weighted by atomic mass is 10.0. The number of allylic oxidation sites excluding steroid dienone is 1. The van der Waals surface area contributed by atoms with Gasteiger partial charge in [0.05, 0.1) is 11.3 Å². The number of hydrogen-bond donors (Lipinski definition) is 2. The van der Waals surface area contributed by atoms with Crippen molar-refractivity contribution in [2.75, 3.05) is 17.7 Å². The Morgan fingerprint density at radius 2 is 1.80 bits per heavy atom. The highest BCUT2D eigenvalue weighted by molar-refractivity contribution is 6.16. The lowest BCUT2D eigenvalue weighted by molar-refractivity contribution is -0.114. The molecule has 0 radical (unpaired) electrons. The lowest BCUT2D eigenvalue weighted by Gasteiger charge is -2.30. The molecule has 0 saturated carbocycles. The zero-order valence-electron chi connectivity index (χ0n) is 20.4. The molecular formula is C28H33N5O2. The summed E-state index contributed by atoms with van der Waals surface area (Å²) in [6.45, 7) is 5.65. The van der Waals surface area contributed by atoms with Crippen LogP contribution in [-0.4, -0.2) is 34.6 Å². The van der Waals surface area contributed by atoms with Crippen molar-refractivity contribution in [3.8, 4) is 11.5 Å². The van der Waals surface area contributed by atoms with Crippen LogP contribution in [0.3, 0.4) is 0 Å². The monoisotopic (exact) mass is 471 g/mol. The van der Waals surface area contributed by atoms with Gasteiger partial charge in [-0.3, -0.25) is 10.2 Å². The summed E-state index contributed by atoms with van der Waals surface area (Å²) in [6.07, 6.45) is 6.87. The van der Waals surface area contributed by atoms with Gasteiger partial charge in [-0.25, -0.2) is 9.97 Å². The van der Waals surface area contributed by atoms with E-state index in [0.717, 1.165) is 31.4 Å². The second-order valence-electron chi connectivity index (χ2n) is 8.36. The number of nitrogen functional groups attached to an aromatic ring is 1. The predicted molar refractivity (Wildman–Crippen MR) is 141 cm³/mol. The van der Waals surface area contributed by atoms with E-state index in [-0.39, 0.29) is 23.4 Å². The SMILES string of the molecule is C=CC(=O)CCCCC(CC)N(C)c1ncnc(N)c1C(=N)c1ccc(Oc2ccccc2)cc1. The fourth-order valence-electron chi connectivity index (χ4n) is 3.98. The number of ether oxygens (including phenoxy) is 1. The van der Waals surface area contributed by atoms with Crippen molar-refractivity contribution in [3.63, 3.8) is 0 Å². The van der Waals surface area contributed by atoms with Crippen LogP contribution in [0.15, 0.2) is 73.6 Å². The summed E-state index contributed by atoms with van der Waals surface area (Å²) in [5.74, 6) is 2.40. The zero-order chi connectivity index (χ0) is 25.2. The quantitative estimate of drug-likeness (QED) is 0.185. The van der Waals surface area contributed by atoms with Gasteiger partial charge in [0.2, 0.25) is 0 Å². The standard InChI is InChI=1S/C28H33N5O2/c1-4-21(11-9-10-12-22(34)5-2)33(3)28-25(27(30)31-19-32-28)26(29)20-15-17-24(18-16-20)35-23-13-7-6-8-14-23/h5-8,13-19,21,29H,2,4,9-12H2,1,3H3,(H2,30,31,32). The third kappa shape index (κ3) is 6.76. The minimum absolute atomic E-state index is 0.0749. The number of nitrogens with zero attached hydrogens (tertiary/aromatic N) is 3. The van der Waals surface area contributed by atoms with Crippen LogP contribution < -0.4 is 15.4 Å². The Morgan fingerprint density at radius 3 is 2.46 bits per heavy atom. The molecule has 1 heterocycles. The van der Waals surface area contributed by atoms with Crippen LogP contribution in [0.2, 0.25) is 0 Å². The highest BCUT2D eigenvalue weighted by atomic mass is 16.5. The third-order valence-corrected chi connectivity index (χ3v) is 6.02. The molecule has 3 N–H and O–H groups in total. The molecule has 0 spiro atoms. The van der Waals surface area contributed by atoms with Gasteiger partial charge in [0, 0.05) is 25.1 Å². The van der Waals surface area contributed by atoms with E-state index in [4.69, 9.17) is 15.9 Å². The lowest BCUT2D eigenvalue weighted by Crippen LogP contribution is -2.33. The predicted octanol–water partition coefficient (Wildman–Crippen LogP) is 5.80. The molecule has 0 aliphatic carbocycles. The highest BCUT2D eigenvalue weighted by Gasteiger charge is 2.23. The van der Waals surface area contributed by atoms with Gasteiger partial charge in [-0.15, -0.1) is 0 Å². The molecule has 1 atom stereocenters. The normalized spacial score (nSPS) is 11.5. The van der Waals surface area contributed by atoms with Gasteiger partial charge in [0.25, 0.3) is 0 Å². The topological polar surface area (TPSA) is 105 Å². The van der Waals surface area contributed by atoms with Crippen molar-refractivity contribution in [1.29, 1.82) is 5.41 Å². The number of nitrogens with two attached hydrogens (primary N) is 1. The summed E-state index contributed by atoms with van der Waals surface area (Å²) in [7, 11) is 1.97. The summed E-state index contributed by atoms with van der Waals surface area (Å²) >= 11 is 0. The number of carbonyl (C=O) groups excluding carboxylic acids is 1. The highest BCUT2D eigenvalue weighted by Crippen LogP contribution is 2.29. The van der Waals surface area contributed by atoms with Crippen LogP contribution in [0, 0.1) is 5.41 Å². The number of unbranched alkanes of at least 4 members (excludes halogenated alkanes) is 1. The molecular weight excluding hydrogens is 438 g/mol. The molecule has 2 aromatic carbocycles. The largest absolute Gasteiger partial charge is 0.457 e. The van der Waals surface area contributed by atoms with E-state index in [1.165, 1.54) is 12.4 Å². The van der Waals surface area contributed by atoms with Crippen LogP contribution >= 0.6 is 0 Å². The molecule has 182 valence electrons. The molecule has 1 aromatic heterocycles. The van der Waals surface area contributed by atoms with E-state index >= 15 is 0 Å². The summed E-state index contributed by atoms with van der Waals surface area (Å²) in [5.41, 5.74) is 7.70. The van der Waals surface area contributed by atoms with Crippen molar-refractivity contribution in [1.82, 2.24) is 9.97 Å². The fraction of sp³-hybridized carbons (Fsp3) is 0.286. The van der Waals surface area contributed by atoms with Crippen LogP contribution in [0.5, 0.6) is 11.5 Å². The summed E-state index contributed by atoms with van der Waals surface area (Å²) in [4.78, 5) is 22.2. The first kappa shape index (κ1) is 25.6. The van der Waals surface area contributed by atoms with Crippen molar-refractivity contribution >= 4 is 23.1 Å². The van der Waals surface area contributed by atoms with E-state index in [9.17, 15) is 4.79 Å². The second kappa shape index (κ2) is 12.5. The Morgan fingerprint density at radius 1 is 1.11 bits per heavy atom. The Labute approximate surface area is 207 Å². The number of hydrogen-bond acceptors (Lipinski definition) is 7. The fourth-order valence-corrected chi connectivity index (χ4v) is 3.98. The summed E-state index contributed by atoms with van der Waals surface area (Å²) in [6, 6.07) is 17.1. The Hall–Kier alpha value is -4.00. The number of aromatic nitrogens is 2. The number of nitrogens with one attached hydrogen (secondary N) is 1. The van der Waals surface area contributed by atoms with E-state index in [2.05, 4.69) is 28.4 Å². The van der Waals surface area contributed by atoms with Crippen LogP contribution in [0.1, 0.15) is 50.2 Å². The van der Waals surface area contributed by atoms with Crippen molar-refractivity contribution in [2.45, 2.75) is 45.1 Å². The summed E-state index contributed by atoms with van der Waals surface area (Å²) in [5, 5.41) is 8.90. The second-order valence-corrected chi connectivity index (χ2v) is 8.36. The Balaban J connectivity index is 1.76. The number of carbonyl (C=O) groups is 1. The number of para-hydroxylation sites is 1. The molecule has 1 unspecified atom stereocenters. The Kier molecular flexibility index (Phi) is 9.12. The average Bonchev–Trinajstić information content (AvgIpc) is 2.88. The molecule has 0 bridgehead atoms. The van der Waals surface area contributed by atoms with Gasteiger partial charge in [0.15, 0.2) is 5.78 Å². The van der Waals surface area contributed by atoms with Gasteiger partial charge in [-0.2, -0.15) is 0 Å². The van der Waals surface area contributed by atoms with Crippen LogP contribution in [0.4, 0.5) is 11.6 Å². The molecule has 0 fully saturated rings. The van der Waals surface area contributed by atoms with E-state index in [1.54, 1.807) is 0 Å². The first-order valence-electron chi connectivity index (χ1n) is 11.8. The first-order valence-corrected chi connectivity index (χ1v) is 11.8. The molecule has 7 heteroatoms. The van der Waals surface area contributed by atoms with Crippen molar-refractivity contribution in [3.05, 3.63) is 84.7 Å². The van der Waals surface area contributed by atoms with E-state index in [0.29, 0.717) is 29.1 Å². The molecule has 7 nitrogen and oxygen atoms in total. The zero-order valence-corrected chi connectivity index (χ0v) is 20.4.